The molecule has 0 amide bonds. The molecule has 0 spiro atoms. The molecule has 1 heterocycles. The van der Waals surface area contributed by atoms with Gasteiger partial charge in [-0.05, 0) is 48.5 Å². The Labute approximate surface area is 184 Å². The second-order valence-corrected chi connectivity index (χ2v) is 7.59. The lowest BCUT2D eigenvalue weighted by Crippen LogP contribution is -2.05. The Morgan fingerprint density at radius 1 is 0.839 bits per heavy atom. The second kappa shape index (κ2) is 9.49. The minimum atomic E-state index is 0.0425. The van der Waals surface area contributed by atoms with Crippen LogP contribution in [0.15, 0.2) is 84.0 Å². The van der Waals surface area contributed by atoms with Gasteiger partial charge in [0, 0.05) is 16.8 Å². The molecule has 31 heavy (non-hydrogen) atoms. The summed E-state index contributed by atoms with van der Waals surface area (Å²) in [5.41, 5.74) is 2.46. The first kappa shape index (κ1) is 20.7. The van der Waals surface area contributed by atoms with E-state index in [1.807, 2.05) is 83.4 Å². The number of methoxy groups -OCH3 is 2. The number of thioether (sulfide) groups is 1. The number of hydrogen-bond donors (Lipinski definition) is 0. The largest absolute Gasteiger partial charge is 0.497 e. The summed E-state index contributed by atoms with van der Waals surface area (Å²) in [6.07, 6.45) is 0. The molecule has 0 atom stereocenters. The number of ketones is 1. The maximum Gasteiger partial charge on any atom is 0.196 e. The van der Waals surface area contributed by atoms with Crippen molar-refractivity contribution in [3.05, 3.63) is 84.4 Å². The van der Waals surface area contributed by atoms with E-state index < -0.39 is 0 Å². The Morgan fingerprint density at radius 3 is 2.06 bits per heavy atom. The zero-order valence-electron chi connectivity index (χ0n) is 17.2. The van der Waals surface area contributed by atoms with Crippen LogP contribution in [-0.2, 0) is 0 Å². The maximum atomic E-state index is 12.6. The summed E-state index contributed by atoms with van der Waals surface area (Å²) in [6, 6.07) is 24.6. The fourth-order valence-corrected chi connectivity index (χ4v) is 3.94. The number of carbonyl (C=O) groups is 1. The van der Waals surface area contributed by atoms with Gasteiger partial charge in [-0.2, -0.15) is 0 Å². The van der Waals surface area contributed by atoms with Crippen LogP contribution in [0.1, 0.15) is 10.4 Å². The van der Waals surface area contributed by atoms with Crippen LogP contribution in [-0.4, -0.2) is 40.5 Å². The van der Waals surface area contributed by atoms with Crippen LogP contribution in [0.5, 0.6) is 11.5 Å². The molecule has 0 fully saturated rings. The molecule has 0 N–H and O–H groups in total. The van der Waals surface area contributed by atoms with Gasteiger partial charge in [-0.25, -0.2) is 0 Å². The highest BCUT2D eigenvalue weighted by atomic mass is 32.2. The minimum absolute atomic E-state index is 0.0425. The molecule has 7 heteroatoms. The quantitative estimate of drug-likeness (QED) is 0.291. The lowest BCUT2D eigenvalue weighted by atomic mass is 10.2. The average Bonchev–Trinajstić information content (AvgIpc) is 3.27. The van der Waals surface area contributed by atoms with Crippen LogP contribution in [0.2, 0.25) is 0 Å². The Kier molecular flexibility index (Phi) is 6.33. The molecule has 4 rings (SSSR count). The van der Waals surface area contributed by atoms with Gasteiger partial charge in [0.15, 0.2) is 16.8 Å². The van der Waals surface area contributed by atoms with E-state index in [1.165, 1.54) is 11.8 Å². The standard InChI is InChI=1S/C24H21N3O3S/c1-29-20-12-8-18(9-13-20)23-25-26-24(27(23)19-10-14-21(30-2)15-11-19)31-16-22(28)17-6-4-3-5-7-17/h3-15H,16H2,1-2H3. The maximum absolute atomic E-state index is 12.6. The number of aromatic nitrogens is 3. The Morgan fingerprint density at radius 2 is 1.45 bits per heavy atom. The second-order valence-electron chi connectivity index (χ2n) is 6.65. The number of Topliss-reactive ketones (excluding diaryl/α,β-unsaturated/α-hetero) is 1. The SMILES string of the molecule is COc1ccc(-c2nnc(SCC(=O)c3ccccc3)n2-c2ccc(OC)cc2)cc1. The zero-order chi connectivity index (χ0) is 21.6. The highest BCUT2D eigenvalue weighted by Gasteiger charge is 2.18. The van der Waals surface area contributed by atoms with Crippen molar-refractivity contribution < 1.29 is 14.3 Å². The van der Waals surface area contributed by atoms with Gasteiger partial charge < -0.3 is 9.47 Å². The van der Waals surface area contributed by atoms with Gasteiger partial charge in [-0.15, -0.1) is 10.2 Å². The first-order valence-corrected chi connectivity index (χ1v) is 10.6. The van der Waals surface area contributed by atoms with Crippen molar-refractivity contribution in [2.75, 3.05) is 20.0 Å². The van der Waals surface area contributed by atoms with Gasteiger partial charge in [-0.3, -0.25) is 9.36 Å². The Bertz CT molecular complexity index is 1160. The third-order valence-corrected chi connectivity index (χ3v) is 5.67. The summed E-state index contributed by atoms with van der Waals surface area (Å²) in [7, 11) is 3.26. The predicted octanol–water partition coefficient (Wildman–Crippen LogP) is 4.93. The van der Waals surface area contributed by atoms with Crippen LogP contribution in [0, 0.1) is 0 Å². The lowest BCUT2D eigenvalue weighted by molar-refractivity contribution is 0.102. The van der Waals surface area contributed by atoms with Crippen molar-refractivity contribution in [3.8, 4) is 28.6 Å². The first-order valence-electron chi connectivity index (χ1n) is 9.65. The van der Waals surface area contributed by atoms with E-state index >= 15 is 0 Å². The molecule has 0 bridgehead atoms. The van der Waals surface area contributed by atoms with E-state index in [-0.39, 0.29) is 11.5 Å². The number of rotatable bonds is 8. The smallest absolute Gasteiger partial charge is 0.196 e. The van der Waals surface area contributed by atoms with E-state index in [0.29, 0.717) is 16.5 Å². The van der Waals surface area contributed by atoms with Crippen LogP contribution < -0.4 is 9.47 Å². The molecule has 6 nitrogen and oxygen atoms in total. The molecule has 0 aliphatic rings. The van der Waals surface area contributed by atoms with E-state index in [0.717, 1.165) is 22.7 Å². The number of nitrogens with zero attached hydrogens (tertiary/aromatic N) is 3. The van der Waals surface area contributed by atoms with Crippen LogP contribution in [0.25, 0.3) is 17.1 Å². The highest BCUT2D eigenvalue weighted by Crippen LogP contribution is 2.30. The van der Waals surface area contributed by atoms with E-state index in [1.54, 1.807) is 14.2 Å². The average molecular weight is 432 g/mol. The normalized spacial score (nSPS) is 10.6. The summed E-state index contributed by atoms with van der Waals surface area (Å²) in [6.45, 7) is 0. The van der Waals surface area contributed by atoms with E-state index in [9.17, 15) is 4.79 Å². The number of ether oxygens (including phenoxy) is 2. The molecule has 0 aliphatic carbocycles. The summed E-state index contributed by atoms with van der Waals surface area (Å²) in [5, 5.41) is 9.44. The Balaban J connectivity index is 1.68. The van der Waals surface area contributed by atoms with E-state index in [2.05, 4.69) is 10.2 Å². The van der Waals surface area contributed by atoms with Crippen LogP contribution in [0.4, 0.5) is 0 Å². The zero-order valence-corrected chi connectivity index (χ0v) is 18.0. The fourth-order valence-electron chi connectivity index (χ4n) is 3.09. The third kappa shape index (κ3) is 4.62. The van der Waals surface area contributed by atoms with E-state index in [4.69, 9.17) is 9.47 Å². The summed E-state index contributed by atoms with van der Waals surface area (Å²) < 4.78 is 12.5. The molecule has 0 aliphatic heterocycles. The van der Waals surface area contributed by atoms with Gasteiger partial charge in [-0.1, -0.05) is 42.1 Å². The molecule has 0 saturated heterocycles. The van der Waals surface area contributed by atoms with Crippen molar-refractivity contribution in [1.82, 2.24) is 14.8 Å². The summed E-state index contributed by atoms with van der Waals surface area (Å²) >= 11 is 1.36. The summed E-state index contributed by atoms with van der Waals surface area (Å²) in [5.74, 6) is 2.52. The van der Waals surface area contributed by atoms with Gasteiger partial charge in [0.05, 0.1) is 20.0 Å². The summed E-state index contributed by atoms with van der Waals surface area (Å²) in [4.78, 5) is 12.6. The lowest BCUT2D eigenvalue weighted by Gasteiger charge is -2.11. The number of benzene rings is 3. The molecule has 0 radical (unpaired) electrons. The van der Waals surface area contributed by atoms with Gasteiger partial charge >= 0.3 is 0 Å². The van der Waals surface area contributed by atoms with Gasteiger partial charge in [0.1, 0.15) is 11.5 Å². The van der Waals surface area contributed by atoms with Crippen molar-refractivity contribution >= 4 is 17.5 Å². The van der Waals surface area contributed by atoms with Crippen LogP contribution in [0.3, 0.4) is 0 Å². The monoisotopic (exact) mass is 431 g/mol. The van der Waals surface area contributed by atoms with Crippen LogP contribution >= 0.6 is 11.8 Å². The molecule has 0 saturated carbocycles. The Hall–Kier alpha value is -3.58. The first-order chi connectivity index (χ1) is 15.2. The molecular formula is C24H21N3O3S. The van der Waals surface area contributed by atoms with Crippen molar-refractivity contribution in [2.45, 2.75) is 5.16 Å². The molecule has 3 aromatic carbocycles. The number of carbonyl (C=O) groups excluding carboxylic acids is 1. The minimum Gasteiger partial charge on any atom is -0.497 e. The third-order valence-electron chi connectivity index (χ3n) is 4.74. The molecule has 0 unspecified atom stereocenters. The number of hydrogen-bond acceptors (Lipinski definition) is 6. The highest BCUT2D eigenvalue weighted by molar-refractivity contribution is 7.99. The molecule has 156 valence electrons. The molecule has 1 aromatic heterocycles. The van der Waals surface area contributed by atoms with Crippen molar-refractivity contribution in [1.29, 1.82) is 0 Å². The fraction of sp³-hybridized carbons (Fsp3) is 0.125. The van der Waals surface area contributed by atoms with Gasteiger partial charge in [0.2, 0.25) is 0 Å². The topological polar surface area (TPSA) is 66.2 Å². The molecular weight excluding hydrogens is 410 g/mol. The molecule has 4 aromatic rings. The van der Waals surface area contributed by atoms with Crippen molar-refractivity contribution in [2.24, 2.45) is 0 Å². The van der Waals surface area contributed by atoms with Crippen molar-refractivity contribution in [3.63, 3.8) is 0 Å². The van der Waals surface area contributed by atoms with Gasteiger partial charge in [0.25, 0.3) is 0 Å². The predicted molar refractivity (Wildman–Crippen MR) is 121 cm³/mol.